The molecule has 1 unspecified atom stereocenters. The number of halogens is 3. The van der Waals surface area contributed by atoms with Crippen LogP contribution in [0.2, 0.25) is 0 Å². The monoisotopic (exact) mass is 304 g/mol. The van der Waals surface area contributed by atoms with Gasteiger partial charge >= 0.3 is 5.97 Å². The first-order valence-corrected chi connectivity index (χ1v) is 6.14. The van der Waals surface area contributed by atoms with Crippen molar-refractivity contribution in [3.63, 3.8) is 0 Å². The Morgan fingerprint density at radius 2 is 2.12 bits per heavy atom. The lowest BCUT2D eigenvalue weighted by Crippen LogP contribution is -2.11. The number of hydrogen-bond acceptors (Lipinski definition) is 1. The molecule has 0 aliphatic heterocycles. The van der Waals surface area contributed by atoms with E-state index in [0.29, 0.717) is 0 Å². The topological polar surface area (TPSA) is 37.3 Å². The highest BCUT2D eigenvalue weighted by Gasteiger charge is 2.35. The van der Waals surface area contributed by atoms with Gasteiger partial charge in [0, 0.05) is 5.92 Å². The molecular weight excluding hydrogens is 294 g/mol. The van der Waals surface area contributed by atoms with Crippen molar-refractivity contribution >= 4 is 21.9 Å². The molecule has 2 nitrogen and oxygen atoms in total. The fourth-order valence-electron chi connectivity index (χ4n) is 2.06. The largest absolute Gasteiger partial charge is 0.481 e. The normalized spacial score (nSPS) is 16.9. The molecule has 0 aromatic heterocycles. The summed E-state index contributed by atoms with van der Waals surface area (Å²) in [5.74, 6) is -2.36. The molecule has 0 bridgehead atoms. The zero-order valence-corrected chi connectivity index (χ0v) is 10.5. The summed E-state index contributed by atoms with van der Waals surface area (Å²) in [6.07, 6.45) is 1.61. The van der Waals surface area contributed by atoms with Crippen molar-refractivity contribution in [3.8, 4) is 0 Å². The van der Waals surface area contributed by atoms with Gasteiger partial charge in [0.05, 0.1) is 10.9 Å². The van der Waals surface area contributed by atoms with Crippen LogP contribution in [0.1, 0.15) is 30.7 Å². The van der Waals surface area contributed by atoms with Crippen LogP contribution in [-0.2, 0) is 4.79 Å². The zero-order valence-electron chi connectivity index (χ0n) is 8.92. The summed E-state index contributed by atoms with van der Waals surface area (Å²) in [5, 5.41) is 8.82. The quantitative estimate of drug-likeness (QED) is 0.861. The Bertz CT molecular complexity index is 458. The first-order chi connectivity index (χ1) is 7.99. The molecule has 1 fully saturated rings. The molecule has 0 spiro atoms. The van der Waals surface area contributed by atoms with Gasteiger partial charge in [-0.3, -0.25) is 4.79 Å². The van der Waals surface area contributed by atoms with Crippen LogP contribution in [0.25, 0.3) is 0 Å². The molecule has 5 heteroatoms. The maximum absolute atomic E-state index is 13.9. The minimum Gasteiger partial charge on any atom is -0.481 e. The maximum Gasteiger partial charge on any atom is 0.303 e. The van der Waals surface area contributed by atoms with E-state index in [2.05, 4.69) is 15.9 Å². The number of aliphatic carboxylic acids is 1. The standard InChI is InChI=1S/C12H11BrF2O2/c13-10-4-7(14)3-9(12(10)15)8(5-11(16)17)6-1-2-6/h3-4,6,8H,1-2,5H2,(H,16,17). The Hall–Kier alpha value is -0.970. The Balaban J connectivity index is 2.38. The zero-order chi connectivity index (χ0) is 12.6. The van der Waals surface area contributed by atoms with Gasteiger partial charge in [0.2, 0.25) is 0 Å². The molecule has 0 radical (unpaired) electrons. The third-order valence-corrected chi connectivity index (χ3v) is 3.58. The van der Waals surface area contributed by atoms with Crippen LogP contribution in [-0.4, -0.2) is 11.1 Å². The molecule has 1 aromatic rings. The van der Waals surface area contributed by atoms with Crippen LogP contribution in [0.15, 0.2) is 16.6 Å². The summed E-state index contributed by atoms with van der Waals surface area (Å²) in [5.41, 5.74) is 0.168. The van der Waals surface area contributed by atoms with Crippen LogP contribution < -0.4 is 0 Å². The third kappa shape index (κ3) is 2.83. The Morgan fingerprint density at radius 1 is 1.47 bits per heavy atom. The lowest BCUT2D eigenvalue weighted by molar-refractivity contribution is -0.137. The molecule has 1 N–H and O–H groups in total. The van der Waals surface area contributed by atoms with E-state index < -0.39 is 23.5 Å². The van der Waals surface area contributed by atoms with Crippen molar-refractivity contribution in [1.82, 2.24) is 0 Å². The van der Waals surface area contributed by atoms with E-state index >= 15 is 0 Å². The first-order valence-electron chi connectivity index (χ1n) is 5.35. The smallest absolute Gasteiger partial charge is 0.303 e. The van der Waals surface area contributed by atoms with E-state index in [1.165, 1.54) is 0 Å². The highest BCUT2D eigenvalue weighted by atomic mass is 79.9. The second-order valence-corrected chi connectivity index (χ2v) is 5.19. The van der Waals surface area contributed by atoms with Crippen LogP contribution in [0.5, 0.6) is 0 Å². The number of carbonyl (C=O) groups is 1. The van der Waals surface area contributed by atoms with Crippen molar-refractivity contribution in [2.24, 2.45) is 5.92 Å². The van der Waals surface area contributed by atoms with Crippen molar-refractivity contribution in [1.29, 1.82) is 0 Å². The van der Waals surface area contributed by atoms with Crippen molar-refractivity contribution < 1.29 is 18.7 Å². The maximum atomic E-state index is 13.9. The minimum absolute atomic E-state index is 0.0449. The van der Waals surface area contributed by atoms with Crippen LogP contribution >= 0.6 is 15.9 Å². The first kappa shape index (κ1) is 12.5. The van der Waals surface area contributed by atoms with Crippen LogP contribution in [0.4, 0.5) is 8.78 Å². The Labute approximate surface area is 106 Å². The van der Waals surface area contributed by atoms with Gasteiger partial charge < -0.3 is 5.11 Å². The molecule has 0 amide bonds. The molecule has 0 saturated heterocycles. The number of carboxylic acid groups (broad SMARTS) is 1. The number of hydrogen-bond donors (Lipinski definition) is 1. The lowest BCUT2D eigenvalue weighted by atomic mass is 9.90. The molecule has 2 rings (SSSR count). The highest BCUT2D eigenvalue weighted by Crippen LogP contribution is 2.46. The summed E-state index contributed by atoms with van der Waals surface area (Å²) in [4.78, 5) is 10.8. The van der Waals surface area contributed by atoms with Gasteiger partial charge in [0.15, 0.2) is 0 Å². The predicted octanol–water partition coefficient (Wildman–Crippen LogP) is 3.70. The van der Waals surface area contributed by atoms with Crippen LogP contribution in [0, 0.1) is 17.6 Å². The average Bonchev–Trinajstić information content (AvgIpc) is 3.03. The molecule has 1 aliphatic carbocycles. The van der Waals surface area contributed by atoms with Crippen molar-refractivity contribution in [3.05, 3.63) is 33.8 Å². The summed E-state index contributed by atoms with van der Waals surface area (Å²) < 4.78 is 27.2. The van der Waals surface area contributed by atoms with Gasteiger partial charge in [-0.25, -0.2) is 8.78 Å². The Morgan fingerprint density at radius 3 is 2.65 bits per heavy atom. The van der Waals surface area contributed by atoms with E-state index in [-0.39, 0.29) is 22.4 Å². The fourth-order valence-corrected chi connectivity index (χ4v) is 2.51. The average molecular weight is 305 g/mol. The van der Waals surface area contributed by atoms with Gasteiger partial charge in [0.1, 0.15) is 11.6 Å². The van der Waals surface area contributed by atoms with Crippen molar-refractivity contribution in [2.45, 2.75) is 25.2 Å². The van der Waals surface area contributed by atoms with E-state index in [1.807, 2.05) is 0 Å². The number of rotatable bonds is 4. The van der Waals surface area contributed by atoms with Crippen LogP contribution in [0.3, 0.4) is 0 Å². The molecule has 1 atom stereocenters. The van der Waals surface area contributed by atoms with Gasteiger partial charge in [-0.2, -0.15) is 0 Å². The van der Waals surface area contributed by atoms with E-state index in [1.54, 1.807) is 0 Å². The highest BCUT2D eigenvalue weighted by molar-refractivity contribution is 9.10. The van der Waals surface area contributed by atoms with Crippen molar-refractivity contribution in [2.75, 3.05) is 0 Å². The number of benzene rings is 1. The minimum atomic E-state index is -0.985. The SMILES string of the molecule is O=C(O)CC(c1cc(F)cc(Br)c1F)C1CC1. The molecular formula is C12H11BrF2O2. The third-order valence-electron chi connectivity index (χ3n) is 3.01. The van der Waals surface area contributed by atoms with E-state index in [9.17, 15) is 13.6 Å². The molecule has 1 aromatic carbocycles. The summed E-state index contributed by atoms with van der Waals surface area (Å²) in [6.45, 7) is 0. The molecule has 1 saturated carbocycles. The van der Waals surface area contributed by atoms with E-state index in [0.717, 1.165) is 25.0 Å². The van der Waals surface area contributed by atoms with Gasteiger partial charge in [0.25, 0.3) is 0 Å². The molecule has 17 heavy (non-hydrogen) atoms. The predicted molar refractivity (Wildman–Crippen MR) is 61.8 cm³/mol. The lowest BCUT2D eigenvalue weighted by Gasteiger charge is -2.16. The molecule has 1 aliphatic rings. The number of carboxylic acids is 1. The van der Waals surface area contributed by atoms with Gasteiger partial charge in [-0.05, 0) is 52.4 Å². The summed E-state index contributed by atoms with van der Waals surface area (Å²) in [7, 11) is 0. The fraction of sp³-hybridized carbons (Fsp3) is 0.417. The van der Waals surface area contributed by atoms with E-state index in [4.69, 9.17) is 5.11 Å². The second kappa shape index (κ2) is 4.72. The summed E-state index contributed by atoms with van der Waals surface area (Å²) >= 11 is 2.94. The second-order valence-electron chi connectivity index (χ2n) is 4.33. The molecule has 92 valence electrons. The van der Waals surface area contributed by atoms with Gasteiger partial charge in [-0.1, -0.05) is 0 Å². The summed E-state index contributed by atoms with van der Waals surface area (Å²) in [6, 6.07) is 2.15. The van der Waals surface area contributed by atoms with Gasteiger partial charge in [-0.15, -0.1) is 0 Å². The molecule has 0 heterocycles. The Kier molecular flexibility index (Phi) is 3.47.